The van der Waals surface area contributed by atoms with E-state index in [1.54, 1.807) is 36.9 Å². The molecule has 0 saturated carbocycles. The predicted octanol–water partition coefficient (Wildman–Crippen LogP) is 5.01. The van der Waals surface area contributed by atoms with Gasteiger partial charge in [0, 0.05) is 22.0 Å². The van der Waals surface area contributed by atoms with E-state index < -0.39 is 15.4 Å². The van der Waals surface area contributed by atoms with Gasteiger partial charge in [0.2, 0.25) is 0 Å². The molecule has 7 heteroatoms. The molecule has 4 rings (SSSR count). The smallest absolute Gasteiger partial charge is 0.273 e. The summed E-state index contributed by atoms with van der Waals surface area (Å²) in [5.41, 5.74) is 3.17. The molecule has 0 fully saturated rings. The summed E-state index contributed by atoms with van der Waals surface area (Å²) in [4.78, 5) is 8.70. The number of nitrogens with zero attached hydrogens (tertiary/aromatic N) is 2. The molecule has 1 aliphatic rings. The summed E-state index contributed by atoms with van der Waals surface area (Å²) in [7, 11) is -4.28. The van der Waals surface area contributed by atoms with E-state index in [1.807, 2.05) is 36.4 Å². The molecular formula is C21H20N2O3S2. The van der Waals surface area contributed by atoms with Crippen molar-refractivity contribution in [3.8, 4) is 0 Å². The van der Waals surface area contributed by atoms with Gasteiger partial charge in [-0.1, -0.05) is 42.1 Å². The highest BCUT2D eigenvalue weighted by Gasteiger charge is 2.29. The van der Waals surface area contributed by atoms with Crippen molar-refractivity contribution >= 4 is 33.3 Å². The molecule has 1 aromatic heterocycles. The summed E-state index contributed by atoms with van der Waals surface area (Å²) in [6.07, 6.45) is 0.225. The van der Waals surface area contributed by atoms with Crippen molar-refractivity contribution in [1.29, 1.82) is 0 Å². The second-order valence-corrected chi connectivity index (χ2v) is 9.37. The van der Waals surface area contributed by atoms with Crippen molar-refractivity contribution in [2.75, 3.05) is 11.4 Å². The molecule has 1 aliphatic heterocycles. The molecule has 3 aromatic rings. The summed E-state index contributed by atoms with van der Waals surface area (Å²) in [6, 6.07) is 21.3. The van der Waals surface area contributed by atoms with Crippen molar-refractivity contribution < 1.29 is 13.0 Å². The molecule has 5 nitrogen and oxygen atoms in total. The van der Waals surface area contributed by atoms with Crippen LogP contribution in [0.25, 0.3) is 0 Å². The van der Waals surface area contributed by atoms with Gasteiger partial charge in [0.05, 0.1) is 17.1 Å². The molecule has 0 saturated heterocycles. The van der Waals surface area contributed by atoms with Crippen molar-refractivity contribution in [2.45, 2.75) is 28.4 Å². The van der Waals surface area contributed by atoms with E-state index in [9.17, 15) is 13.0 Å². The Balaban J connectivity index is 1.69. The Hall–Kier alpha value is -2.35. The largest absolute Gasteiger partial charge is 0.340 e. The third-order valence-electron chi connectivity index (χ3n) is 4.75. The van der Waals surface area contributed by atoms with Crippen LogP contribution >= 0.6 is 11.8 Å². The van der Waals surface area contributed by atoms with Crippen LogP contribution in [0.3, 0.4) is 0 Å². The van der Waals surface area contributed by atoms with Gasteiger partial charge in [-0.25, -0.2) is 0 Å². The zero-order chi connectivity index (χ0) is 19.7. The van der Waals surface area contributed by atoms with Gasteiger partial charge < -0.3 is 4.90 Å². The zero-order valence-electron chi connectivity index (χ0n) is 15.3. The average molecular weight is 413 g/mol. The molecule has 0 amide bonds. The van der Waals surface area contributed by atoms with Crippen LogP contribution in [0.15, 0.2) is 76.5 Å². The number of fused-ring (bicyclic) bond motifs is 2. The molecule has 1 unspecified atom stereocenters. The van der Waals surface area contributed by atoms with Gasteiger partial charge in [-0.05, 0) is 49.7 Å². The van der Waals surface area contributed by atoms with Gasteiger partial charge in [0.15, 0.2) is 0 Å². The number of rotatable bonds is 5. The first kappa shape index (κ1) is 19.0. The Morgan fingerprint density at radius 1 is 0.964 bits per heavy atom. The maximum absolute atomic E-state index is 12.1. The van der Waals surface area contributed by atoms with E-state index in [1.165, 1.54) is 0 Å². The monoisotopic (exact) mass is 412 g/mol. The molecular weight excluding hydrogens is 392 g/mol. The minimum atomic E-state index is -4.28. The lowest BCUT2D eigenvalue weighted by molar-refractivity contribution is 0.463. The number of hydrogen-bond acceptors (Lipinski definition) is 5. The third kappa shape index (κ3) is 3.78. The van der Waals surface area contributed by atoms with Crippen LogP contribution in [0.2, 0.25) is 0 Å². The molecule has 0 bridgehead atoms. The fourth-order valence-corrected chi connectivity index (χ4v) is 5.40. The summed E-state index contributed by atoms with van der Waals surface area (Å²) < 4.78 is 34.1. The van der Waals surface area contributed by atoms with Crippen molar-refractivity contribution in [2.24, 2.45) is 0 Å². The number of pyridine rings is 1. The number of hydrogen-bond donors (Lipinski definition) is 1. The third-order valence-corrected chi connectivity index (χ3v) is 7.07. The highest BCUT2D eigenvalue weighted by Crippen LogP contribution is 2.48. The maximum Gasteiger partial charge on any atom is 0.273 e. The molecule has 1 atom stereocenters. The van der Waals surface area contributed by atoms with Crippen LogP contribution in [-0.4, -0.2) is 24.5 Å². The standard InChI is InChI=1S/C21H20N2O3S2/c1-15-7-6-8-16(22-15)21(28(24,25)26)13-14-23-17-9-2-4-11-19(17)27-20-12-5-3-10-18(20)23/h2-12,21H,13-14H2,1H3,(H,24,25,26). The lowest BCUT2D eigenvalue weighted by Gasteiger charge is -2.33. The van der Waals surface area contributed by atoms with Gasteiger partial charge in [-0.15, -0.1) is 0 Å². The van der Waals surface area contributed by atoms with E-state index >= 15 is 0 Å². The van der Waals surface area contributed by atoms with Gasteiger partial charge in [-0.2, -0.15) is 8.42 Å². The Morgan fingerprint density at radius 2 is 1.57 bits per heavy atom. The second kappa shape index (κ2) is 7.58. The fourth-order valence-electron chi connectivity index (χ4n) is 3.46. The van der Waals surface area contributed by atoms with E-state index in [-0.39, 0.29) is 6.42 Å². The number of aryl methyl sites for hydroxylation is 1. The molecule has 2 aromatic carbocycles. The quantitative estimate of drug-likeness (QED) is 0.594. The van der Waals surface area contributed by atoms with Crippen LogP contribution in [-0.2, 0) is 10.1 Å². The maximum atomic E-state index is 12.1. The number of aromatic nitrogens is 1. The minimum Gasteiger partial charge on any atom is -0.340 e. The Kier molecular flexibility index (Phi) is 5.14. The Bertz CT molecular complexity index is 1070. The van der Waals surface area contributed by atoms with Crippen LogP contribution in [0, 0.1) is 6.92 Å². The van der Waals surface area contributed by atoms with Crippen LogP contribution in [0.5, 0.6) is 0 Å². The van der Waals surface area contributed by atoms with Crippen molar-refractivity contribution in [3.63, 3.8) is 0 Å². The van der Waals surface area contributed by atoms with E-state index in [0.717, 1.165) is 26.9 Å². The zero-order valence-corrected chi connectivity index (χ0v) is 17.0. The number of benzene rings is 2. The van der Waals surface area contributed by atoms with Gasteiger partial charge in [-0.3, -0.25) is 9.54 Å². The summed E-state index contributed by atoms with van der Waals surface area (Å²) in [6.45, 7) is 2.24. The van der Waals surface area contributed by atoms with Crippen LogP contribution < -0.4 is 4.90 Å². The van der Waals surface area contributed by atoms with Gasteiger partial charge in [0.25, 0.3) is 10.1 Å². The first-order valence-corrected chi connectivity index (χ1v) is 11.3. The Labute approximate surface area is 169 Å². The SMILES string of the molecule is Cc1cccc(C(CCN2c3ccccc3Sc3ccccc32)S(=O)(=O)O)n1. The molecule has 144 valence electrons. The van der Waals surface area contributed by atoms with E-state index in [0.29, 0.717) is 12.2 Å². The average Bonchev–Trinajstić information content (AvgIpc) is 2.66. The molecule has 0 aliphatic carbocycles. The second-order valence-electron chi connectivity index (χ2n) is 6.69. The van der Waals surface area contributed by atoms with E-state index in [2.05, 4.69) is 22.0 Å². The molecule has 28 heavy (non-hydrogen) atoms. The van der Waals surface area contributed by atoms with E-state index in [4.69, 9.17) is 0 Å². The highest BCUT2D eigenvalue weighted by atomic mass is 32.2. The molecule has 0 radical (unpaired) electrons. The van der Waals surface area contributed by atoms with Gasteiger partial charge in [0.1, 0.15) is 5.25 Å². The van der Waals surface area contributed by atoms with Crippen molar-refractivity contribution in [3.05, 3.63) is 78.1 Å². The predicted molar refractivity (Wildman–Crippen MR) is 112 cm³/mol. The number of para-hydroxylation sites is 2. The highest BCUT2D eigenvalue weighted by molar-refractivity contribution is 7.99. The summed E-state index contributed by atoms with van der Waals surface area (Å²) in [5, 5.41) is -1.07. The lowest BCUT2D eigenvalue weighted by atomic mass is 10.1. The van der Waals surface area contributed by atoms with Crippen LogP contribution in [0.4, 0.5) is 11.4 Å². The normalized spacial score (nSPS) is 14.3. The molecule has 2 heterocycles. The lowest BCUT2D eigenvalue weighted by Crippen LogP contribution is -2.25. The number of anilines is 2. The first-order chi connectivity index (χ1) is 13.4. The van der Waals surface area contributed by atoms with Crippen LogP contribution in [0.1, 0.15) is 23.1 Å². The molecule has 0 spiro atoms. The summed E-state index contributed by atoms with van der Waals surface area (Å²) >= 11 is 1.70. The van der Waals surface area contributed by atoms with Gasteiger partial charge >= 0.3 is 0 Å². The fraction of sp³-hybridized carbons (Fsp3) is 0.190. The first-order valence-electron chi connectivity index (χ1n) is 8.97. The van der Waals surface area contributed by atoms with Crippen molar-refractivity contribution in [1.82, 2.24) is 4.98 Å². The Morgan fingerprint density at radius 3 is 2.14 bits per heavy atom. The summed E-state index contributed by atoms with van der Waals surface area (Å²) in [5.74, 6) is 0. The topological polar surface area (TPSA) is 70.5 Å². The minimum absolute atomic E-state index is 0.225. The molecule has 1 N–H and O–H groups in total.